The van der Waals surface area contributed by atoms with Gasteiger partial charge in [0.05, 0.1) is 7.11 Å². The second-order valence-corrected chi connectivity index (χ2v) is 5.89. The van der Waals surface area contributed by atoms with Crippen molar-refractivity contribution in [1.29, 1.82) is 0 Å². The van der Waals surface area contributed by atoms with Crippen molar-refractivity contribution in [1.82, 2.24) is 5.32 Å². The zero-order valence-electron chi connectivity index (χ0n) is 15.1. The van der Waals surface area contributed by atoms with Crippen molar-refractivity contribution < 1.29 is 14.3 Å². The minimum absolute atomic E-state index is 0.00975. The molecule has 0 bridgehead atoms. The van der Waals surface area contributed by atoms with E-state index in [1.165, 1.54) is 5.56 Å². The Bertz CT molecular complexity index is 684. The summed E-state index contributed by atoms with van der Waals surface area (Å²) in [4.78, 5) is 12.0. The third kappa shape index (κ3) is 6.47. The fourth-order valence-electron chi connectivity index (χ4n) is 2.41. The van der Waals surface area contributed by atoms with Gasteiger partial charge >= 0.3 is 0 Å². The van der Waals surface area contributed by atoms with Crippen LogP contribution in [0.15, 0.2) is 42.5 Å². The lowest BCUT2D eigenvalue weighted by Gasteiger charge is -2.10. The number of carbonyl (C=O) groups excluding carboxylic acids is 1. The van der Waals surface area contributed by atoms with Crippen LogP contribution in [0.2, 0.25) is 0 Å². The van der Waals surface area contributed by atoms with E-state index in [9.17, 15) is 4.79 Å². The Balaban J connectivity index is 1.59. The zero-order valence-corrected chi connectivity index (χ0v) is 15.1. The van der Waals surface area contributed by atoms with Gasteiger partial charge in [-0.05, 0) is 49.7 Å². The Kier molecular flexibility index (Phi) is 7.29. The van der Waals surface area contributed by atoms with Crippen LogP contribution in [0.1, 0.15) is 17.5 Å². The molecule has 2 aromatic rings. The Hall–Kier alpha value is -2.53. The number of rotatable bonds is 9. The second kappa shape index (κ2) is 9.69. The van der Waals surface area contributed by atoms with Gasteiger partial charge in [-0.1, -0.05) is 17.7 Å². The molecule has 2 rings (SSSR count). The first-order valence-corrected chi connectivity index (χ1v) is 8.43. The number of aryl methyl sites for hydroxylation is 2. The van der Waals surface area contributed by atoms with Gasteiger partial charge in [-0.3, -0.25) is 4.79 Å². The molecule has 0 aliphatic rings. The predicted octanol–water partition coefficient (Wildman–Crippen LogP) is 3.31. The topological polar surface area (TPSA) is 59.6 Å². The fraction of sp³-hybridized carbons (Fsp3) is 0.350. The van der Waals surface area contributed by atoms with Crippen molar-refractivity contribution in [2.75, 3.05) is 32.1 Å². The maximum absolute atomic E-state index is 12.0. The first-order chi connectivity index (χ1) is 12.1. The van der Waals surface area contributed by atoms with E-state index in [-0.39, 0.29) is 5.91 Å². The normalized spacial score (nSPS) is 10.4. The lowest BCUT2D eigenvalue weighted by atomic mass is 10.1. The highest BCUT2D eigenvalue weighted by Gasteiger charge is 2.04. The highest BCUT2D eigenvalue weighted by atomic mass is 16.5. The maximum atomic E-state index is 12.0. The number of hydrogen-bond donors (Lipinski definition) is 2. The molecule has 0 fully saturated rings. The first kappa shape index (κ1) is 18.8. The lowest BCUT2D eigenvalue weighted by Crippen LogP contribution is -2.25. The maximum Gasteiger partial charge on any atom is 0.225 e. The summed E-state index contributed by atoms with van der Waals surface area (Å²) < 4.78 is 10.7. The van der Waals surface area contributed by atoms with Gasteiger partial charge in [0.1, 0.15) is 18.1 Å². The predicted molar refractivity (Wildman–Crippen MR) is 101 cm³/mol. The van der Waals surface area contributed by atoms with Gasteiger partial charge < -0.3 is 20.1 Å². The van der Waals surface area contributed by atoms with Crippen LogP contribution in [-0.4, -0.2) is 32.7 Å². The Labute approximate surface area is 149 Å². The van der Waals surface area contributed by atoms with E-state index in [0.29, 0.717) is 26.1 Å². The molecule has 25 heavy (non-hydrogen) atoms. The van der Waals surface area contributed by atoms with Gasteiger partial charge in [0.2, 0.25) is 5.91 Å². The van der Waals surface area contributed by atoms with Crippen LogP contribution < -0.4 is 20.1 Å². The van der Waals surface area contributed by atoms with E-state index in [4.69, 9.17) is 9.47 Å². The van der Waals surface area contributed by atoms with E-state index < -0.39 is 0 Å². The quantitative estimate of drug-likeness (QED) is 0.687. The number of benzene rings is 2. The van der Waals surface area contributed by atoms with Crippen molar-refractivity contribution >= 4 is 11.6 Å². The molecule has 0 atom stereocenters. The molecule has 2 aromatic carbocycles. The van der Waals surface area contributed by atoms with Crippen LogP contribution in [0.4, 0.5) is 5.69 Å². The first-order valence-electron chi connectivity index (χ1n) is 8.43. The van der Waals surface area contributed by atoms with Gasteiger partial charge in [-0.15, -0.1) is 0 Å². The molecule has 134 valence electrons. The van der Waals surface area contributed by atoms with Crippen molar-refractivity contribution in [3.63, 3.8) is 0 Å². The molecule has 0 saturated carbocycles. The zero-order chi connectivity index (χ0) is 18.1. The van der Waals surface area contributed by atoms with Gasteiger partial charge in [-0.2, -0.15) is 0 Å². The molecule has 0 saturated heterocycles. The number of ether oxygens (including phenoxy) is 2. The largest absolute Gasteiger partial charge is 0.497 e. The van der Waals surface area contributed by atoms with Gasteiger partial charge in [-0.25, -0.2) is 0 Å². The highest BCUT2D eigenvalue weighted by Crippen LogP contribution is 2.17. The lowest BCUT2D eigenvalue weighted by molar-refractivity contribution is -0.116. The van der Waals surface area contributed by atoms with Crippen molar-refractivity contribution in [3.05, 3.63) is 53.6 Å². The minimum Gasteiger partial charge on any atom is -0.497 e. The van der Waals surface area contributed by atoms with Crippen LogP contribution in [-0.2, 0) is 4.79 Å². The molecule has 0 aliphatic carbocycles. The summed E-state index contributed by atoms with van der Waals surface area (Å²) in [6.45, 7) is 5.88. The summed E-state index contributed by atoms with van der Waals surface area (Å²) in [5, 5.41) is 6.15. The molecule has 0 radical (unpaired) electrons. The highest BCUT2D eigenvalue weighted by molar-refractivity contribution is 5.91. The monoisotopic (exact) mass is 342 g/mol. The number of carbonyl (C=O) groups is 1. The molecular formula is C20H26N2O3. The summed E-state index contributed by atoms with van der Waals surface area (Å²) in [5.74, 6) is 1.62. The van der Waals surface area contributed by atoms with Crippen LogP contribution in [0.3, 0.4) is 0 Å². The van der Waals surface area contributed by atoms with Gasteiger partial charge in [0.25, 0.3) is 0 Å². The Morgan fingerprint density at radius 2 is 1.72 bits per heavy atom. The summed E-state index contributed by atoms with van der Waals surface area (Å²) in [6.07, 6.45) is 0.426. The molecule has 5 nitrogen and oxygen atoms in total. The molecule has 0 heterocycles. The van der Waals surface area contributed by atoms with E-state index in [1.807, 2.05) is 50.2 Å². The Morgan fingerprint density at radius 3 is 2.40 bits per heavy atom. The summed E-state index contributed by atoms with van der Waals surface area (Å²) in [5.41, 5.74) is 3.14. The fourth-order valence-corrected chi connectivity index (χ4v) is 2.41. The SMILES string of the molecule is COc1ccc(OCCNCCC(=O)Nc2ccc(C)cc2C)cc1. The summed E-state index contributed by atoms with van der Waals surface area (Å²) in [6, 6.07) is 13.5. The molecule has 5 heteroatoms. The molecule has 1 amide bonds. The van der Waals surface area contributed by atoms with E-state index in [0.717, 1.165) is 22.7 Å². The number of anilines is 1. The average molecular weight is 342 g/mol. The number of methoxy groups -OCH3 is 1. The van der Waals surface area contributed by atoms with Crippen molar-refractivity contribution in [2.45, 2.75) is 20.3 Å². The molecule has 0 spiro atoms. The smallest absolute Gasteiger partial charge is 0.225 e. The van der Waals surface area contributed by atoms with E-state index >= 15 is 0 Å². The molecule has 0 aliphatic heterocycles. The third-order valence-corrected chi connectivity index (χ3v) is 3.79. The number of hydrogen-bond acceptors (Lipinski definition) is 4. The van der Waals surface area contributed by atoms with Gasteiger partial charge in [0, 0.05) is 25.2 Å². The van der Waals surface area contributed by atoms with Crippen LogP contribution >= 0.6 is 0 Å². The second-order valence-electron chi connectivity index (χ2n) is 5.89. The van der Waals surface area contributed by atoms with E-state index in [2.05, 4.69) is 16.7 Å². The molecular weight excluding hydrogens is 316 g/mol. The standard InChI is InChI=1S/C20H26N2O3/c1-15-4-9-19(16(2)14-15)22-20(23)10-11-21-12-13-25-18-7-5-17(24-3)6-8-18/h4-9,14,21H,10-13H2,1-3H3,(H,22,23). The van der Waals surface area contributed by atoms with Crippen molar-refractivity contribution in [2.24, 2.45) is 0 Å². The van der Waals surface area contributed by atoms with Crippen molar-refractivity contribution in [3.8, 4) is 11.5 Å². The summed E-state index contributed by atoms with van der Waals surface area (Å²) >= 11 is 0. The average Bonchev–Trinajstić information content (AvgIpc) is 2.61. The number of amides is 1. The van der Waals surface area contributed by atoms with Gasteiger partial charge in [0.15, 0.2) is 0 Å². The molecule has 0 unspecified atom stereocenters. The molecule has 2 N–H and O–H groups in total. The minimum atomic E-state index is 0.00975. The Morgan fingerprint density at radius 1 is 1.00 bits per heavy atom. The van der Waals surface area contributed by atoms with E-state index in [1.54, 1.807) is 7.11 Å². The van der Waals surface area contributed by atoms with Crippen LogP contribution in [0, 0.1) is 13.8 Å². The number of nitrogens with one attached hydrogen (secondary N) is 2. The van der Waals surface area contributed by atoms with Crippen LogP contribution in [0.5, 0.6) is 11.5 Å². The summed E-state index contributed by atoms with van der Waals surface area (Å²) in [7, 11) is 1.63. The van der Waals surface area contributed by atoms with Crippen LogP contribution in [0.25, 0.3) is 0 Å². The third-order valence-electron chi connectivity index (χ3n) is 3.79. The molecule has 0 aromatic heterocycles.